The van der Waals surface area contributed by atoms with E-state index in [9.17, 15) is 9.18 Å². The van der Waals surface area contributed by atoms with Crippen LogP contribution in [0.4, 0.5) is 4.39 Å². The van der Waals surface area contributed by atoms with E-state index in [0.717, 1.165) is 13.1 Å². The Hall–Kier alpha value is -1.66. The van der Waals surface area contributed by atoms with E-state index >= 15 is 0 Å². The molecule has 1 aromatic rings. The number of benzene rings is 1. The van der Waals surface area contributed by atoms with Crippen LogP contribution >= 0.6 is 0 Å². The van der Waals surface area contributed by atoms with Crippen LogP contribution < -0.4 is 10.1 Å². The molecule has 1 amide bonds. The van der Waals surface area contributed by atoms with Crippen molar-refractivity contribution in [3.05, 3.63) is 30.1 Å². The van der Waals surface area contributed by atoms with Crippen molar-refractivity contribution in [2.45, 2.75) is 24.9 Å². The van der Waals surface area contributed by atoms with Gasteiger partial charge >= 0.3 is 0 Å². The Kier molecular flexibility index (Phi) is 6.36. The summed E-state index contributed by atoms with van der Waals surface area (Å²) in [5.74, 6) is 0.380. The number of hydrogen-bond donors (Lipinski definition) is 1. The molecule has 0 spiro atoms. The number of hydrogen-bond acceptors (Lipinski definition) is 4. The van der Waals surface area contributed by atoms with Crippen molar-refractivity contribution >= 4 is 5.91 Å². The van der Waals surface area contributed by atoms with Gasteiger partial charge in [0.05, 0.1) is 6.61 Å². The van der Waals surface area contributed by atoms with Crippen LogP contribution in [0.25, 0.3) is 0 Å². The number of nitrogens with zero attached hydrogens (tertiary/aromatic N) is 1. The number of nitrogens with one attached hydrogen (secondary N) is 1. The Morgan fingerprint density at radius 3 is 2.57 bits per heavy atom. The van der Waals surface area contributed by atoms with Gasteiger partial charge in [0.15, 0.2) is 0 Å². The molecule has 0 aromatic heterocycles. The van der Waals surface area contributed by atoms with Gasteiger partial charge in [0.2, 0.25) is 0 Å². The van der Waals surface area contributed by atoms with Crippen molar-refractivity contribution in [3.8, 4) is 5.75 Å². The van der Waals surface area contributed by atoms with Crippen LogP contribution in [-0.4, -0.2) is 56.8 Å². The first-order chi connectivity index (χ1) is 11.1. The lowest BCUT2D eigenvalue weighted by atomic mass is 9.90. The van der Waals surface area contributed by atoms with Crippen molar-refractivity contribution in [2.24, 2.45) is 0 Å². The van der Waals surface area contributed by atoms with E-state index in [-0.39, 0.29) is 11.7 Å². The lowest BCUT2D eigenvalue weighted by molar-refractivity contribution is -0.157. The van der Waals surface area contributed by atoms with Crippen molar-refractivity contribution in [2.75, 3.05) is 40.4 Å². The minimum absolute atomic E-state index is 0.0308. The smallest absolute Gasteiger partial charge is 0.254 e. The molecule has 1 aliphatic heterocycles. The summed E-state index contributed by atoms with van der Waals surface area (Å²) in [7, 11) is 3.40. The second kappa shape index (κ2) is 8.26. The molecular formula is C17H25FN2O3. The van der Waals surface area contributed by atoms with Gasteiger partial charge in [-0.1, -0.05) is 0 Å². The molecule has 1 saturated heterocycles. The molecule has 1 aliphatic rings. The number of carbonyl (C=O) groups is 1. The number of rotatable bonds is 7. The fourth-order valence-electron chi connectivity index (χ4n) is 2.81. The summed E-state index contributed by atoms with van der Waals surface area (Å²) in [6.45, 7) is 2.66. The Morgan fingerprint density at radius 2 is 1.96 bits per heavy atom. The largest absolute Gasteiger partial charge is 0.494 e. The van der Waals surface area contributed by atoms with E-state index in [1.54, 1.807) is 31.2 Å². The van der Waals surface area contributed by atoms with E-state index in [2.05, 4.69) is 5.32 Å². The predicted molar refractivity (Wildman–Crippen MR) is 86.0 cm³/mol. The molecule has 128 valence electrons. The number of likely N-dealkylation sites (N-methyl/N-ethyl adjacent to an activating group) is 1. The molecule has 5 nitrogen and oxygen atoms in total. The zero-order valence-electron chi connectivity index (χ0n) is 13.8. The molecule has 1 heterocycles. The van der Waals surface area contributed by atoms with Gasteiger partial charge in [0.1, 0.15) is 17.2 Å². The van der Waals surface area contributed by atoms with Crippen LogP contribution in [0.3, 0.4) is 0 Å². The standard InChI is InChI=1S/C17H25FN2O3/c1-20(16(21)17(22-2)8-10-19-11-9-17)12-3-13-23-15-6-4-14(18)5-7-15/h4-7,19H,3,8-13H2,1-2H3. The number of amides is 1. The maximum atomic E-state index is 12.8. The lowest BCUT2D eigenvalue weighted by Gasteiger charge is -2.37. The average molecular weight is 324 g/mol. The van der Waals surface area contributed by atoms with E-state index in [0.29, 0.717) is 38.2 Å². The molecule has 1 N–H and O–H groups in total. The van der Waals surface area contributed by atoms with Gasteiger partial charge in [-0.25, -0.2) is 4.39 Å². The molecule has 0 saturated carbocycles. The maximum absolute atomic E-state index is 12.8. The summed E-state index contributed by atoms with van der Waals surface area (Å²) in [6, 6.07) is 5.92. The number of piperidine rings is 1. The number of ether oxygens (including phenoxy) is 2. The van der Waals surface area contributed by atoms with E-state index in [1.165, 1.54) is 12.1 Å². The Bertz CT molecular complexity index is 501. The van der Waals surface area contributed by atoms with Crippen molar-refractivity contribution in [1.82, 2.24) is 10.2 Å². The highest BCUT2D eigenvalue weighted by atomic mass is 19.1. The number of halogens is 1. The third kappa shape index (κ3) is 4.65. The highest BCUT2D eigenvalue weighted by molar-refractivity contribution is 5.85. The lowest BCUT2D eigenvalue weighted by Crippen LogP contribution is -2.54. The van der Waals surface area contributed by atoms with Crippen LogP contribution in [0, 0.1) is 5.82 Å². The predicted octanol–water partition coefficient (Wildman–Crippen LogP) is 1.82. The summed E-state index contributed by atoms with van der Waals surface area (Å²) in [5.41, 5.74) is -0.697. The highest BCUT2D eigenvalue weighted by Gasteiger charge is 2.41. The van der Waals surface area contributed by atoms with Gasteiger partial charge in [-0.3, -0.25) is 4.79 Å². The van der Waals surface area contributed by atoms with E-state index in [1.807, 2.05) is 0 Å². The minimum atomic E-state index is -0.697. The van der Waals surface area contributed by atoms with Gasteiger partial charge < -0.3 is 19.7 Å². The summed E-state index contributed by atoms with van der Waals surface area (Å²) >= 11 is 0. The van der Waals surface area contributed by atoms with Gasteiger partial charge in [-0.2, -0.15) is 0 Å². The first-order valence-corrected chi connectivity index (χ1v) is 7.97. The first kappa shape index (κ1) is 17.7. The third-order valence-corrected chi connectivity index (χ3v) is 4.26. The van der Waals surface area contributed by atoms with Crippen LogP contribution in [0.5, 0.6) is 5.75 Å². The van der Waals surface area contributed by atoms with E-state index in [4.69, 9.17) is 9.47 Å². The molecule has 2 rings (SSSR count). The van der Waals surface area contributed by atoms with Crippen LogP contribution in [0.2, 0.25) is 0 Å². The second-order valence-electron chi connectivity index (χ2n) is 5.83. The molecule has 1 fully saturated rings. The minimum Gasteiger partial charge on any atom is -0.494 e. The number of methoxy groups -OCH3 is 1. The van der Waals surface area contributed by atoms with Crippen LogP contribution in [0.15, 0.2) is 24.3 Å². The molecule has 0 radical (unpaired) electrons. The molecule has 0 atom stereocenters. The molecule has 1 aromatic carbocycles. The fraction of sp³-hybridized carbons (Fsp3) is 0.588. The van der Waals surface area contributed by atoms with Gasteiger partial charge in [-0.15, -0.1) is 0 Å². The SMILES string of the molecule is COC1(C(=O)N(C)CCCOc2ccc(F)cc2)CCNCC1. The molecule has 0 unspecified atom stereocenters. The van der Waals surface area contributed by atoms with Gasteiger partial charge in [0, 0.05) is 20.7 Å². The third-order valence-electron chi connectivity index (χ3n) is 4.26. The zero-order valence-corrected chi connectivity index (χ0v) is 13.8. The molecule has 0 aliphatic carbocycles. The molecule has 0 bridgehead atoms. The Labute approximate surface area is 136 Å². The maximum Gasteiger partial charge on any atom is 0.254 e. The van der Waals surface area contributed by atoms with Crippen molar-refractivity contribution in [1.29, 1.82) is 0 Å². The summed E-state index contributed by atoms with van der Waals surface area (Å²) < 4.78 is 23.9. The van der Waals surface area contributed by atoms with Gasteiger partial charge in [0.25, 0.3) is 5.91 Å². The van der Waals surface area contributed by atoms with E-state index < -0.39 is 5.60 Å². The quantitative estimate of drug-likeness (QED) is 0.778. The second-order valence-corrected chi connectivity index (χ2v) is 5.83. The highest BCUT2D eigenvalue weighted by Crippen LogP contribution is 2.24. The summed E-state index contributed by atoms with van der Waals surface area (Å²) in [5, 5.41) is 3.24. The molecule has 23 heavy (non-hydrogen) atoms. The normalized spacial score (nSPS) is 16.8. The average Bonchev–Trinajstić information content (AvgIpc) is 2.60. The Balaban J connectivity index is 1.76. The first-order valence-electron chi connectivity index (χ1n) is 7.97. The zero-order chi connectivity index (χ0) is 16.7. The summed E-state index contributed by atoms with van der Waals surface area (Å²) in [4.78, 5) is 14.4. The molecular weight excluding hydrogens is 299 g/mol. The summed E-state index contributed by atoms with van der Waals surface area (Å²) in [6.07, 6.45) is 2.09. The molecule has 6 heteroatoms. The van der Waals surface area contributed by atoms with Crippen molar-refractivity contribution in [3.63, 3.8) is 0 Å². The number of carbonyl (C=O) groups excluding carboxylic acids is 1. The van der Waals surface area contributed by atoms with Crippen LogP contribution in [0.1, 0.15) is 19.3 Å². The monoisotopic (exact) mass is 324 g/mol. The topological polar surface area (TPSA) is 50.8 Å². The van der Waals surface area contributed by atoms with Gasteiger partial charge in [-0.05, 0) is 56.6 Å². The Morgan fingerprint density at radius 1 is 1.30 bits per heavy atom. The fourth-order valence-corrected chi connectivity index (χ4v) is 2.81. The van der Waals surface area contributed by atoms with Crippen LogP contribution in [-0.2, 0) is 9.53 Å². The van der Waals surface area contributed by atoms with Crippen molar-refractivity contribution < 1.29 is 18.7 Å².